The largest absolute Gasteiger partial charge is 0.459 e. The average Bonchev–Trinajstić information content (AvgIpc) is 3.14. The highest BCUT2D eigenvalue weighted by molar-refractivity contribution is 5.96. The molecule has 2 amide bonds. The summed E-state index contributed by atoms with van der Waals surface area (Å²) in [6, 6.07) is 10.5. The molecule has 0 saturated carbocycles. The molecule has 126 valence electrons. The van der Waals surface area contributed by atoms with E-state index in [1.54, 1.807) is 24.1 Å². The Balaban J connectivity index is 1.93. The second-order valence-corrected chi connectivity index (χ2v) is 5.88. The maximum Gasteiger partial charge on any atom is 0.290 e. The van der Waals surface area contributed by atoms with Gasteiger partial charge in [0, 0.05) is 26.6 Å². The molecule has 0 radical (unpaired) electrons. The summed E-state index contributed by atoms with van der Waals surface area (Å²) in [6.45, 7) is 0.483. The fourth-order valence-electron chi connectivity index (χ4n) is 3.01. The lowest BCUT2D eigenvalue weighted by molar-refractivity contribution is -0.135. The van der Waals surface area contributed by atoms with E-state index in [9.17, 15) is 9.59 Å². The monoisotopic (exact) mass is 328 g/mol. The molecule has 0 bridgehead atoms. The van der Waals surface area contributed by atoms with Gasteiger partial charge < -0.3 is 19.3 Å². The summed E-state index contributed by atoms with van der Waals surface area (Å²) in [5.74, 6) is -0.263. The van der Waals surface area contributed by atoms with Crippen molar-refractivity contribution in [3.8, 4) is 0 Å². The standard InChI is InChI=1S/C18H20N2O4/c1-19(8-9-21)17(22)15-11-13-5-2-3-6-14(13)12-20(15)18(23)16-7-4-10-24-16/h2-7,10,15,21H,8-9,11-12H2,1H3. The van der Waals surface area contributed by atoms with Crippen LogP contribution in [0.25, 0.3) is 0 Å². The van der Waals surface area contributed by atoms with Gasteiger partial charge in [-0.1, -0.05) is 24.3 Å². The normalized spacial score (nSPS) is 16.6. The molecule has 0 saturated heterocycles. The van der Waals surface area contributed by atoms with E-state index in [-0.39, 0.29) is 30.7 Å². The molecule has 1 atom stereocenters. The number of fused-ring (bicyclic) bond motifs is 1. The van der Waals surface area contributed by atoms with Crippen LogP contribution in [0.5, 0.6) is 0 Å². The molecular formula is C18H20N2O4. The number of carbonyl (C=O) groups is 2. The molecule has 0 spiro atoms. The summed E-state index contributed by atoms with van der Waals surface area (Å²) < 4.78 is 5.22. The zero-order valence-corrected chi connectivity index (χ0v) is 13.5. The van der Waals surface area contributed by atoms with Gasteiger partial charge >= 0.3 is 0 Å². The number of hydrogen-bond acceptors (Lipinski definition) is 4. The smallest absolute Gasteiger partial charge is 0.290 e. The SMILES string of the molecule is CN(CCO)C(=O)C1Cc2ccccc2CN1C(=O)c1ccco1. The molecular weight excluding hydrogens is 308 g/mol. The van der Waals surface area contributed by atoms with Crippen molar-refractivity contribution in [2.75, 3.05) is 20.2 Å². The van der Waals surface area contributed by atoms with E-state index in [0.29, 0.717) is 13.0 Å². The summed E-state index contributed by atoms with van der Waals surface area (Å²) in [5.41, 5.74) is 2.10. The molecule has 1 aromatic carbocycles. The van der Waals surface area contributed by atoms with Crippen LogP contribution < -0.4 is 0 Å². The molecule has 1 aliphatic rings. The lowest BCUT2D eigenvalue weighted by atomic mass is 9.93. The Morgan fingerprint density at radius 2 is 2.00 bits per heavy atom. The topological polar surface area (TPSA) is 74.0 Å². The lowest BCUT2D eigenvalue weighted by Crippen LogP contribution is -2.53. The number of amides is 2. The number of likely N-dealkylation sites (N-methyl/N-ethyl adjacent to an activating group) is 1. The molecule has 1 N–H and O–H groups in total. The van der Waals surface area contributed by atoms with Gasteiger partial charge in [-0.25, -0.2) is 0 Å². The Kier molecular flexibility index (Phi) is 4.66. The first-order chi connectivity index (χ1) is 11.6. The minimum absolute atomic E-state index is 0.113. The van der Waals surface area contributed by atoms with Crippen LogP contribution in [0.3, 0.4) is 0 Å². The van der Waals surface area contributed by atoms with Crippen LogP contribution in [0.1, 0.15) is 21.7 Å². The zero-order chi connectivity index (χ0) is 17.1. The number of hydrogen-bond donors (Lipinski definition) is 1. The summed E-state index contributed by atoms with van der Waals surface area (Å²) >= 11 is 0. The molecule has 3 rings (SSSR count). The van der Waals surface area contributed by atoms with Crippen LogP contribution in [0, 0.1) is 0 Å². The molecule has 0 fully saturated rings. The quantitative estimate of drug-likeness (QED) is 0.918. The second-order valence-electron chi connectivity index (χ2n) is 5.88. The fraction of sp³-hybridized carbons (Fsp3) is 0.333. The van der Waals surface area contributed by atoms with Crippen molar-refractivity contribution < 1.29 is 19.1 Å². The van der Waals surface area contributed by atoms with Crippen molar-refractivity contribution in [1.29, 1.82) is 0 Å². The Bertz CT molecular complexity index is 726. The van der Waals surface area contributed by atoms with E-state index in [0.717, 1.165) is 11.1 Å². The molecule has 1 aromatic heterocycles. The molecule has 2 aromatic rings. The van der Waals surface area contributed by atoms with Gasteiger partial charge in [0.2, 0.25) is 5.91 Å². The average molecular weight is 328 g/mol. The molecule has 1 aliphatic heterocycles. The summed E-state index contributed by atoms with van der Waals surface area (Å²) in [5, 5.41) is 9.08. The van der Waals surface area contributed by atoms with E-state index >= 15 is 0 Å². The van der Waals surface area contributed by atoms with Crippen LogP contribution in [-0.4, -0.2) is 53.0 Å². The predicted octanol–water partition coefficient (Wildman–Crippen LogP) is 1.30. The van der Waals surface area contributed by atoms with Crippen molar-refractivity contribution >= 4 is 11.8 Å². The van der Waals surface area contributed by atoms with Gasteiger partial charge in [-0.15, -0.1) is 0 Å². The van der Waals surface area contributed by atoms with Gasteiger partial charge in [0.15, 0.2) is 5.76 Å². The summed E-state index contributed by atoms with van der Waals surface area (Å²) in [4.78, 5) is 28.6. The lowest BCUT2D eigenvalue weighted by Gasteiger charge is -2.37. The highest BCUT2D eigenvalue weighted by Crippen LogP contribution is 2.26. The first kappa shape index (κ1) is 16.3. The Morgan fingerprint density at radius 3 is 2.67 bits per heavy atom. The van der Waals surface area contributed by atoms with Crippen LogP contribution in [0.2, 0.25) is 0 Å². The van der Waals surface area contributed by atoms with Crippen molar-refractivity contribution in [2.24, 2.45) is 0 Å². The predicted molar refractivity (Wildman–Crippen MR) is 87.2 cm³/mol. The van der Waals surface area contributed by atoms with Gasteiger partial charge in [-0.05, 0) is 23.3 Å². The third-order valence-corrected chi connectivity index (χ3v) is 4.34. The number of aliphatic hydroxyl groups excluding tert-OH is 1. The highest BCUT2D eigenvalue weighted by Gasteiger charge is 2.37. The number of carbonyl (C=O) groups excluding carboxylic acids is 2. The van der Waals surface area contributed by atoms with Gasteiger partial charge in [0.25, 0.3) is 5.91 Å². The van der Waals surface area contributed by atoms with Crippen LogP contribution >= 0.6 is 0 Å². The molecule has 6 nitrogen and oxygen atoms in total. The number of benzene rings is 1. The highest BCUT2D eigenvalue weighted by atomic mass is 16.3. The van der Waals surface area contributed by atoms with E-state index in [2.05, 4.69) is 0 Å². The Morgan fingerprint density at radius 1 is 1.25 bits per heavy atom. The first-order valence-electron chi connectivity index (χ1n) is 7.89. The van der Waals surface area contributed by atoms with Crippen molar-refractivity contribution in [3.05, 3.63) is 59.5 Å². The molecule has 6 heteroatoms. The van der Waals surface area contributed by atoms with E-state index in [1.165, 1.54) is 11.2 Å². The number of rotatable bonds is 4. The minimum atomic E-state index is -0.603. The summed E-state index contributed by atoms with van der Waals surface area (Å²) in [6.07, 6.45) is 1.90. The Labute approximate surface area is 140 Å². The van der Waals surface area contributed by atoms with Crippen molar-refractivity contribution in [1.82, 2.24) is 9.80 Å². The van der Waals surface area contributed by atoms with Gasteiger partial charge in [0.05, 0.1) is 12.9 Å². The van der Waals surface area contributed by atoms with Crippen LogP contribution in [-0.2, 0) is 17.8 Å². The van der Waals surface area contributed by atoms with E-state index in [1.807, 2.05) is 24.3 Å². The molecule has 24 heavy (non-hydrogen) atoms. The van der Waals surface area contributed by atoms with E-state index < -0.39 is 6.04 Å². The molecule has 1 unspecified atom stereocenters. The Hall–Kier alpha value is -2.60. The molecule has 2 heterocycles. The zero-order valence-electron chi connectivity index (χ0n) is 13.5. The second kappa shape index (κ2) is 6.88. The number of furan rings is 1. The third-order valence-electron chi connectivity index (χ3n) is 4.34. The van der Waals surface area contributed by atoms with Gasteiger partial charge in [-0.2, -0.15) is 0 Å². The fourth-order valence-corrected chi connectivity index (χ4v) is 3.01. The van der Waals surface area contributed by atoms with Gasteiger partial charge in [-0.3, -0.25) is 9.59 Å². The first-order valence-corrected chi connectivity index (χ1v) is 7.89. The third kappa shape index (κ3) is 3.05. The van der Waals surface area contributed by atoms with Crippen LogP contribution in [0.15, 0.2) is 47.1 Å². The van der Waals surface area contributed by atoms with Crippen LogP contribution in [0.4, 0.5) is 0 Å². The number of aliphatic hydroxyl groups is 1. The van der Waals surface area contributed by atoms with Crippen molar-refractivity contribution in [2.45, 2.75) is 19.0 Å². The van der Waals surface area contributed by atoms with E-state index in [4.69, 9.17) is 9.52 Å². The molecule has 0 aliphatic carbocycles. The summed E-state index contributed by atoms with van der Waals surface area (Å²) in [7, 11) is 1.63. The number of nitrogens with zero attached hydrogens (tertiary/aromatic N) is 2. The maximum atomic E-state index is 12.8. The van der Waals surface area contributed by atoms with Gasteiger partial charge in [0.1, 0.15) is 6.04 Å². The minimum Gasteiger partial charge on any atom is -0.459 e. The van der Waals surface area contributed by atoms with Crippen molar-refractivity contribution in [3.63, 3.8) is 0 Å². The maximum absolute atomic E-state index is 12.8.